The Morgan fingerprint density at radius 1 is 0.912 bits per heavy atom. The van der Waals surface area contributed by atoms with Gasteiger partial charge in [0.2, 0.25) is 11.8 Å². The van der Waals surface area contributed by atoms with Crippen LogP contribution in [0.2, 0.25) is 0 Å². The van der Waals surface area contributed by atoms with E-state index in [1.165, 1.54) is 24.3 Å². The molecule has 68 heavy (non-hydrogen) atoms. The predicted molar refractivity (Wildman–Crippen MR) is 247 cm³/mol. The zero-order valence-electron chi connectivity index (χ0n) is 37.5. The Kier molecular flexibility index (Phi) is 15.3. The van der Waals surface area contributed by atoms with Crippen LogP contribution < -0.4 is 21.1 Å². The van der Waals surface area contributed by atoms with E-state index in [-0.39, 0.29) is 47.5 Å². The van der Waals surface area contributed by atoms with E-state index in [4.69, 9.17) is 29.8 Å². The predicted octanol–water partition coefficient (Wildman–Crippen LogP) is 3.79. The largest absolute Gasteiger partial charge is 0.457 e. The first-order valence-corrected chi connectivity index (χ1v) is 22.4. The summed E-state index contributed by atoms with van der Waals surface area (Å²) in [6.07, 6.45) is 5.49. The first-order chi connectivity index (χ1) is 33.2. The molecule has 21 nitrogen and oxygen atoms in total. The standard InChI is InChI=1S/C47H52N12O9/c1-56(38-16-17-39(61)52-45(38)62)47(64)40-32(29-60)7-5-11-36(40)49-18-21-65-23-25-67-26-24-66-22-20-58-28-37(53-55-58)46(63)57-19-6-8-33(27-57)59-44-41(43(48)50-30-51-44)42(54-59)31-12-14-35(15-13-31)68-34-9-3-2-4-10-34/h2-5,7,9-15,28-30,33,38,49H,6,8,16-27H2,1H3,(H2,48,50,51)(H,52,61,62). The van der Waals surface area contributed by atoms with E-state index in [9.17, 15) is 24.0 Å². The highest BCUT2D eigenvalue weighted by molar-refractivity contribution is 6.09. The summed E-state index contributed by atoms with van der Waals surface area (Å²) in [4.78, 5) is 74.8. The number of imide groups is 1. The van der Waals surface area contributed by atoms with Crippen LogP contribution in [0.5, 0.6) is 11.5 Å². The van der Waals surface area contributed by atoms with E-state index in [1.54, 1.807) is 27.9 Å². The maximum absolute atomic E-state index is 13.7. The van der Waals surface area contributed by atoms with E-state index >= 15 is 0 Å². The van der Waals surface area contributed by atoms with Crippen molar-refractivity contribution in [3.63, 3.8) is 0 Å². The maximum atomic E-state index is 13.7. The monoisotopic (exact) mass is 928 g/mol. The molecule has 3 aromatic carbocycles. The van der Waals surface area contributed by atoms with Gasteiger partial charge in [-0.3, -0.25) is 29.3 Å². The Hall–Kier alpha value is -7.62. The highest BCUT2D eigenvalue weighted by Gasteiger charge is 2.34. The molecule has 0 spiro atoms. The molecule has 2 aliphatic heterocycles. The molecular formula is C47H52N12O9. The Bertz CT molecular complexity index is 2730. The average Bonchev–Trinajstić information content (AvgIpc) is 4.00. The van der Waals surface area contributed by atoms with Crippen LogP contribution in [0.4, 0.5) is 11.5 Å². The molecule has 5 heterocycles. The van der Waals surface area contributed by atoms with Crippen molar-refractivity contribution in [2.75, 3.05) is 77.4 Å². The van der Waals surface area contributed by atoms with Crippen molar-refractivity contribution >= 4 is 52.5 Å². The molecule has 0 bridgehead atoms. The number of likely N-dealkylation sites (N-methyl/N-ethyl adjacent to an activating group) is 1. The van der Waals surface area contributed by atoms with E-state index in [1.807, 2.05) is 59.3 Å². The van der Waals surface area contributed by atoms with Gasteiger partial charge < -0.3 is 39.8 Å². The topological polar surface area (TPSA) is 253 Å². The van der Waals surface area contributed by atoms with Crippen LogP contribution in [-0.4, -0.2) is 147 Å². The van der Waals surface area contributed by atoms with Gasteiger partial charge in [-0.25, -0.2) is 19.3 Å². The minimum Gasteiger partial charge on any atom is -0.457 e. The summed E-state index contributed by atoms with van der Waals surface area (Å²) >= 11 is 0. The summed E-state index contributed by atoms with van der Waals surface area (Å²) in [5.74, 6) is 0.0600. The number of carbonyl (C=O) groups excluding carboxylic acids is 5. The molecule has 4 amide bonds. The lowest BCUT2D eigenvalue weighted by Gasteiger charge is -2.32. The van der Waals surface area contributed by atoms with Crippen molar-refractivity contribution in [1.82, 2.24) is 49.9 Å². The van der Waals surface area contributed by atoms with Gasteiger partial charge in [-0.2, -0.15) is 5.10 Å². The maximum Gasteiger partial charge on any atom is 0.276 e. The molecular weight excluding hydrogens is 877 g/mol. The number of para-hydroxylation sites is 1. The number of nitrogens with zero attached hydrogens (tertiary/aromatic N) is 9. The number of likely N-dealkylation sites (tertiary alicyclic amines) is 1. The zero-order chi connectivity index (χ0) is 47.4. The van der Waals surface area contributed by atoms with Crippen LogP contribution in [-0.2, 0) is 30.3 Å². The van der Waals surface area contributed by atoms with Crippen molar-refractivity contribution in [2.45, 2.75) is 44.3 Å². The number of anilines is 2. The zero-order valence-corrected chi connectivity index (χ0v) is 37.5. The summed E-state index contributed by atoms with van der Waals surface area (Å²) in [6.45, 7) is 3.62. The van der Waals surface area contributed by atoms with E-state index in [0.717, 1.165) is 24.2 Å². The summed E-state index contributed by atoms with van der Waals surface area (Å²) in [5.41, 5.74) is 9.44. The molecule has 2 fully saturated rings. The summed E-state index contributed by atoms with van der Waals surface area (Å²) in [7, 11) is 1.48. The Balaban J connectivity index is 0.739. The summed E-state index contributed by atoms with van der Waals surface area (Å²) < 4.78 is 26.4. The minimum atomic E-state index is -0.828. The second kappa shape index (κ2) is 22.2. The molecule has 8 rings (SSSR count). The molecule has 2 aliphatic rings. The van der Waals surface area contributed by atoms with Gasteiger partial charge in [-0.1, -0.05) is 35.5 Å². The highest BCUT2D eigenvalue weighted by Crippen LogP contribution is 2.35. The molecule has 2 saturated heterocycles. The number of carbonyl (C=O) groups is 5. The number of hydrogen-bond acceptors (Lipinski definition) is 16. The van der Waals surface area contributed by atoms with Gasteiger partial charge in [0.15, 0.2) is 17.6 Å². The van der Waals surface area contributed by atoms with Gasteiger partial charge in [0.05, 0.1) is 69.4 Å². The van der Waals surface area contributed by atoms with Gasteiger partial charge in [-0.05, 0) is 61.7 Å². The first-order valence-electron chi connectivity index (χ1n) is 22.4. The van der Waals surface area contributed by atoms with Gasteiger partial charge >= 0.3 is 0 Å². The van der Waals surface area contributed by atoms with Gasteiger partial charge in [0.1, 0.15) is 35.4 Å². The van der Waals surface area contributed by atoms with Crippen molar-refractivity contribution in [3.8, 4) is 22.8 Å². The van der Waals surface area contributed by atoms with Crippen LogP contribution in [0.25, 0.3) is 22.3 Å². The van der Waals surface area contributed by atoms with Gasteiger partial charge in [-0.15, -0.1) is 5.10 Å². The molecule has 21 heteroatoms. The molecule has 354 valence electrons. The van der Waals surface area contributed by atoms with Crippen molar-refractivity contribution < 1.29 is 42.9 Å². The number of nitrogens with two attached hydrogens (primary N) is 1. The number of aromatic nitrogens is 7. The summed E-state index contributed by atoms with van der Waals surface area (Å²) in [6, 6.07) is 21.0. The molecule has 3 aromatic heterocycles. The molecule has 2 unspecified atom stereocenters. The number of nitrogen functional groups attached to an aromatic ring is 1. The fourth-order valence-electron chi connectivity index (χ4n) is 8.15. The van der Waals surface area contributed by atoms with Crippen LogP contribution in [0.3, 0.4) is 0 Å². The van der Waals surface area contributed by atoms with Crippen LogP contribution in [0.15, 0.2) is 85.3 Å². The summed E-state index contributed by atoms with van der Waals surface area (Å²) in [5, 5.41) is 19.4. The number of piperidine rings is 2. The lowest BCUT2D eigenvalue weighted by molar-refractivity contribution is -0.136. The second-order valence-electron chi connectivity index (χ2n) is 16.1. The second-order valence-corrected chi connectivity index (χ2v) is 16.1. The third-order valence-electron chi connectivity index (χ3n) is 11.6. The third-order valence-corrected chi connectivity index (χ3v) is 11.6. The van der Waals surface area contributed by atoms with Crippen LogP contribution >= 0.6 is 0 Å². The number of hydrogen-bond donors (Lipinski definition) is 3. The smallest absolute Gasteiger partial charge is 0.276 e. The minimum absolute atomic E-state index is 0.120. The number of fused-ring (bicyclic) bond motifs is 1. The fraction of sp³-hybridized carbons (Fsp3) is 0.362. The number of aldehydes is 1. The molecule has 6 aromatic rings. The number of nitrogens with one attached hydrogen (secondary N) is 2. The number of benzene rings is 3. The number of ether oxygens (including phenoxy) is 4. The normalized spacial score (nSPS) is 16.1. The molecule has 0 saturated carbocycles. The van der Waals surface area contributed by atoms with Gasteiger partial charge in [0, 0.05) is 49.9 Å². The number of amides is 4. The lowest BCUT2D eigenvalue weighted by Crippen LogP contribution is -2.53. The van der Waals surface area contributed by atoms with E-state index in [2.05, 4.69) is 30.9 Å². The Morgan fingerprint density at radius 2 is 1.66 bits per heavy atom. The Morgan fingerprint density at radius 3 is 2.43 bits per heavy atom. The lowest BCUT2D eigenvalue weighted by atomic mass is 10.0. The molecule has 4 N–H and O–H groups in total. The van der Waals surface area contributed by atoms with E-state index in [0.29, 0.717) is 106 Å². The highest BCUT2D eigenvalue weighted by atomic mass is 16.5. The Labute approximate surface area is 390 Å². The molecule has 2 atom stereocenters. The SMILES string of the molecule is CN(C(=O)c1c(C=O)cccc1NCCOCCOCCOCCn1cc(C(=O)N2CCCC(n3nc(-c4ccc(Oc5ccccc5)cc4)c4c(N)ncnc43)C2)nn1)C1CCC(=O)NC1=O. The molecule has 0 radical (unpaired) electrons. The third kappa shape index (κ3) is 11.1. The van der Waals surface area contributed by atoms with Crippen LogP contribution in [0.1, 0.15) is 62.9 Å². The molecule has 0 aliphatic carbocycles. The van der Waals surface area contributed by atoms with Crippen molar-refractivity contribution in [1.29, 1.82) is 0 Å². The van der Waals surface area contributed by atoms with Crippen molar-refractivity contribution in [3.05, 3.63) is 102 Å². The average molecular weight is 929 g/mol. The van der Waals surface area contributed by atoms with Crippen molar-refractivity contribution in [2.24, 2.45) is 0 Å². The van der Waals surface area contributed by atoms with E-state index < -0.39 is 17.9 Å². The van der Waals surface area contributed by atoms with Gasteiger partial charge in [0.25, 0.3) is 11.8 Å². The fourth-order valence-corrected chi connectivity index (χ4v) is 8.15. The first kappa shape index (κ1) is 46.9. The van der Waals surface area contributed by atoms with Crippen LogP contribution in [0, 0.1) is 0 Å². The quantitative estimate of drug-likeness (QED) is 0.0527. The number of rotatable bonds is 21.